The number of rotatable bonds is 2. The van der Waals surface area contributed by atoms with Crippen molar-refractivity contribution in [1.29, 1.82) is 0 Å². The van der Waals surface area contributed by atoms with Crippen LogP contribution in [0.15, 0.2) is 22.6 Å². The van der Waals surface area contributed by atoms with Gasteiger partial charge < -0.3 is 9.52 Å². The highest BCUT2D eigenvalue weighted by Crippen LogP contribution is 2.27. The van der Waals surface area contributed by atoms with Crippen molar-refractivity contribution in [3.05, 3.63) is 29.7 Å². The molecule has 1 aromatic heterocycles. The van der Waals surface area contributed by atoms with Crippen molar-refractivity contribution in [2.24, 2.45) is 5.41 Å². The minimum atomic E-state index is -1.12. The molecule has 1 atom stereocenters. The van der Waals surface area contributed by atoms with Gasteiger partial charge in [-0.3, -0.25) is 4.79 Å². The molecule has 0 radical (unpaired) electrons. The number of carbonyl (C=O) groups excluding carboxylic acids is 1. The van der Waals surface area contributed by atoms with E-state index in [0.717, 1.165) is 0 Å². The van der Waals surface area contributed by atoms with Crippen LogP contribution in [0.25, 0.3) is 11.1 Å². The van der Waals surface area contributed by atoms with Crippen LogP contribution in [0, 0.1) is 12.3 Å². The van der Waals surface area contributed by atoms with Gasteiger partial charge in [-0.2, -0.15) is 0 Å². The Balaban J connectivity index is 2.39. The molecule has 0 bridgehead atoms. The van der Waals surface area contributed by atoms with Crippen molar-refractivity contribution in [3.8, 4) is 0 Å². The van der Waals surface area contributed by atoms with E-state index >= 15 is 0 Å². The molecule has 0 saturated carbocycles. The zero-order valence-corrected chi connectivity index (χ0v) is 11.0. The maximum Gasteiger partial charge on any atom is 0.192 e. The number of ketones is 1. The second-order valence-electron chi connectivity index (χ2n) is 5.48. The molecule has 0 aliphatic carbocycles. The summed E-state index contributed by atoms with van der Waals surface area (Å²) in [6.45, 7) is 7.13. The molecular weight excluding hydrogens is 230 g/mol. The first-order valence-electron chi connectivity index (χ1n) is 5.88. The number of hydrogen-bond donors (Lipinski definition) is 1. The lowest BCUT2D eigenvalue weighted by molar-refractivity contribution is -0.135. The summed E-state index contributed by atoms with van der Waals surface area (Å²) in [5.41, 5.74) is 1.29. The number of oxazole rings is 1. The van der Waals surface area contributed by atoms with Gasteiger partial charge in [0.05, 0.1) is 0 Å². The molecule has 0 fully saturated rings. The van der Waals surface area contributed by atoms with Crippen LogP contribution in [0.5, 0.6) is 0 Å². The smallest absolute Gasteiger partial charge is 0.192 e. The summed E-state index contributed by atoms with van der Waals surface area (Å²) in [6, 6.07) is 5.12. The molecule has 18 heavy (non-hydrogen) atoms. The highest BCUT2D eigenvalue weighted by molar-refractivity contribution is 5.89. The van der Waals surface area contributed by atoms with Crippen molar-refractivity contribution in [2.45, 2.75) is 33.8 Å². The van der Waals surface area contributed by atoms with Gasteiger partial charge in [-0.15, -0.1) is 0 Å². The fourth-order valence-corrected chi connectivity index (χ4v) is 1.79. The maximum absolute atomic E-state index is 12.0. The summed E-state index contributed by atoms with van der Waals surface area (Å²) in [5.74, 6) is 0.362. The highest BCUT2D eigenvalue weighted by atomic mass is 16.3. The fraction of sp³-hybridized carbons (Fsp3) is 0.429. The molecule has 0 saturated heterocycles. The van der Waals surface area contributed by atoms with Gasteiger partial charge >= 0.3 is 0 Å². The second-order valence-corrected chi connectivity index (χ2v) is 5.48. The number of fused-ring (bicyclic) bond motifs is 1. The minimum absolute atomic E-state index is 0.206. The Morgan fingerprint density at radius 3 is 2.67 bits per heavy atom. The Morgan fingerprint density at radius 1 is 1.39 bits per heavy atom. The summed E-state index contributed by atoms with van der Waals surface area (Å²) in [6.07, 6.45) is -1.12. The van der Waals surface area contributed by atoms with Gasteiger partial charge in [0, 0.05) is 12.3 Å². The van der Waals surface area contributed by atoms with E-state index in [1.54, 1.807) is 45.9 Å². The summed E-state index contributed by atoms with van der Waals surface area (Å²) in [7, 11) is 0. The number of aliphatic hydroxyl groups is 1. The van der Waals surface area contributed by atoms with Crippen LogP contribution in [0.4, 0.5) is 0 Å². The van der Waals surface area contributed by atoms with Crippen LogP contribution in [-0.4, -0.2) is 15.9 Å². The SMILES string of the molecule is Cc1nc2cc(C(O)C(=O)C(C)(C)C)ccc2o1. The molecule has 0 amide bonds. The number of aryl methyl sites for hydroxylation is 1. The fourth-order valence-electron chi connectivity index (χ4n) is 1.79. The third kappa shape index (κ3) is 2.29. The normalized spacial score (nSPS) is 13.8. The number of carbonyl (C=O) groups is 1. The van der Waals surface area contributed by atoms with Crippen molar-refractivity contribution in [2.75, 3.05) is 0 Å². The second kappa shape index (κ2) is 4.21. The molecule has 1 unspecified atom stereocenters. The summed E-state index contributed by atoms with van der Waals surface area (Å²) in [4.78, 5) is 16.2. The van der Waals surface area contributed by atoms with E-state index in [2.05, 4.69) is 4.98 Å². The molecule has 1 heterocycles. The molecular formula is C14H17NO3. The Kier molecular flexibility index (Phi) is 2.99. The lowest BCUT2D eigenvalue weighted by Gasteiger charge is -2.20. The van der Waals surface area contributed by atoms with Crippen LogP contribution in [0.3, 0.4) is 0 Å². The molecule has 2 rings (SSSR count). The highest BCUT2D eigenvalue weighted by Gasteiger charge is 2.29. The van der Waals surface area contributed by atoms with Crippen molar-refractivity contribution >= 4 is 16.9 Å². The molecule has 0 aliphatic rings. The van der Waals surface area contributed by atoms with Gasteiger partial charge in [0.2, 0.25) is 0 Å². The van der Waals surface area contributed by atoms with Crippen LogP contribution < -0.4 is 0 Å². The van der Waals surface area contributed by atoms with Crippen LogP contribution in [-0.2, 0) is 4.79 Å². The third-order valence-corrected chi connectivity index (χ3v) is 2.82. The van der Waals surface area contributed by atoms with Crippen LogP contribution in [0.1, 0.15) is 38.3 Å². The van der Waals surface area contributed by atoms with Gasteiger partial charge in [0.1, 0.15) is 11.6 Å². The predicted molar refractivity (Wildman–Crippen MR) is 68.2 cm³/mol. The molecule has 2 aromatic rings. The quantitative estimate of drug-likeness (QED) is 0.886. The first kappa shape index (κ1) is 12.8. The van der Waals surface area contributed by atoms with Crippen molar-refractivity contribution in [3.63, 3.8) is 0 Å². The van der Waals surface area contributed by atoms with Gasteiger partial charge in [-0.1, -0.05) is 26.8 Å². The van der Waals surface area contributed by atoms with E-state index in [9.17, 15) is 9.90 Å². The number of hydrogen-bond acceptors (Lipinski definition) is 4. The average molecular weight is 247 g/mol. The first-order valence-corrected chi connectivity index (χ1v) is 5.88. The van der Waals surface area contributed by atoms with E-state index in [0.29, 0.717) is 22.6 Å². The Labute approximate surface area is 106 Å². The van der Waals surface area contributed by atoms with E-state index < -0.39 is 11.5 Å². The van der Waals surface area contributed by atoms with Crippen molar-refractivity contribution < 1.29 is 14.3 Å². The topological polar surface area (TPSA) is 63.3 Å². The maximum atomic E-state index is 12.0. The van der Waals surface area contributed by atoms with Gasteiger partial charge in [-0.25, -0.2) is 4.98 Å². The minimum Gasteiger partial charge on any atom is -0.441 e. The lowest BCUT2D eigenvalue weighted by atomic mass is 9.85. The molecule has 4 heteroatoms. The lowest BCUT2D eigenvalue weighted by Crippen LogP contribution is -2.26. The number of aromatic nitrogens is 1. The molecule has 96 valence electrons. The van der Waals surface area contributed by atoms with E-state index in [1.165, 1.54) is 0 Å². The molecule has 1 N–H and O–H groups in total. The summed E-state index contributed by atoms with van der Waals surface area (Å²) < 4.78 is 5.35. The Hall–Kier alpha value is -1.68. The third-order valence-electron chi connectivity index (χ3n) is 2.82. The number of Topliss-reactive ketones (excluding diaryl/α,β-unsaturated/α-hetero) is 1. The van der Waals surface area contributed by atoms with E-state index in [4.69, 9.17) is 4.42 Å². The van der Waals surface area contributed by atoms with Crippen LogP contribution >= 0.6 is 0 Å². The molecule has 0 aliphatic heterocycles. The van der Waals surface area contributed by atoms with Gasteiger partial charge in [0.25, 0.3) is 0 Å². The predicted octanol–water partition coefficient (Wildman–Crippen LogP) is 2.78. The molecule has 1 aromatic carbocycles. The number of nitrogens with zero attached hydrogens (tertiary/aromatic N) is 1. The van der Waals surface area contributed by atoms with Gasteiger partial charge in [-0.05, 0) is 17.7 Å². The summed E-state index contributed by atoms with van der Waals surface area (Å²) in [5, 5.41) is 10.1. The van der Waals surface area contributed by atoms with Crippen LogP contribution in [0.2, 0.25) is 0 Å². The summed E-state index contributed by atoms with van der Waals surface area (Å²) >= 11 is 0. The zero-order chi connectivity index (χ0) is 13.5. The van der Waals surface area contributed by atoms with E-state index in [1.807, 2.05) is 0 Å². The Bertz CT molecular complexity index is 593. The van der Waals surface area contributed by atoms with Crippen molar-refractivity contribution in [1.82, 2.24) is 4.98 Å². The monoisotopic (exact) mass is 247 g/mol. The zero-order valence-electron chi connectivity index (χ0n) is 11.0. The van der Waals surface area contributed by atoms with Gasteiger partial charge in [0.15, 0.2) is 17.3 Å². The number of benzene rings is 1. The first-order chi connectivity index (χ1) is 8.29. The molecule has 4 nitrogen and oxygen atoms in total. The Morgan fingerprint density at radius 2 is 2.06 bits per heavy atom. The molecule has 0 spiro atoms. The largest absolute Gasteiger partial charge is 0.441 e. The standard InChI is InChI=1S/C14H17NO3/c1-8-15-10-7-9(5-6-11(10)18-8)12(16)13(17)14(2,3)4/h5-7,12,16H,1-4H3. The number of aliphatic hydroxyl groups excluding tert-OH is 1. The van der Waals surface area contributed by atoms with E-state index in [-0.39, 0.29) is 5.78 Å². The average Bonchev–Trinajstić information content (AvgIpc) is 2.64.